The molecule has 0 radical (unpaired) electrons. The third kappa shape index (κ3) is 4.86. The van der Waals surface area contributed by atoms with Crippen LogP contribution in [0.3, 0.4) is 0 Å². The number of hydrogen-bond donors (Lipinski definition) is 2. The zero-order valence-corrected chi connectivity index (χ0v) is 18.7. The summed E-state index contributed by atoms with van der Waals surface area (Å²) in [7, 11) is -3.93. The van der Waals surface area contributed by atoms with Crippen LogP contribution in [0.2, 0.25) is 0 Å². The predicted octanol–water partition coefficient (Wildman–Crippen LogP) is 3.59. The summed E-state index contributed by atoms with van der Waals surface area (Å²) in [5.41, 5.74) is 1.96. The minimum absolute atomic E-state index is 0.0481. The van der Waals surface area contributed by atoms with Crippen LogP contribution in [-0.2, 0) is 19.6 Å². The molecule has 0 saturated heterocycles. The van der Waals surface area contributed by atoms with Gasteiger partial charge in [-0.25, -0.2) is 8.42 Å². The maximum atomic E-state index is 13.0. The van der Waals surface area contributed by atoms with E-state index in [2.05, 4.69) is 9.71 Å². The van der Waals surface area contributed by atoms with Crippen LogP contribution in [0.1, 0.15) is 36.8 Å². The molecule has 3 aromatic rings. The van der Waals surface area contributed by atoms with Crippen LogP contribution in [0, 0.1) is 12.8 Å². The van der Waals surface area contributed by atoms with Crippen LogP contribution in [-0.4, -0.2) is 37.3 Å². The molecule has 31 heavy (non-hydrogen) atoms. The Labute approximate surface area is 181 Å². The van der Waals surface area contributed by atoms with Crippen molar-refractivity contribution >= 4 is 32.7 Å². The fourth-order valence-corrected chi connectivity index (χ4v) is 4.74. The van der Waals surface area contributed by atoms with Crippen LogP contribution in [0.4, 0.5) is 0 Å². The summed E-state index contributed by atoms with van der Waals surface area (Å²) in [4.78, 5) is 29.1. The fraction of sp³-hybridized carbons (Fsp3) is 0.304. The number of Topliss-reactive ketones (excluding diaryl/α,β-unsaturated/α-hetero) is 1. The van der Waals surface area contributed by atoms with Gasteiger partial charge in [-0.15, -0.1) is 0 Å². The standard InChI is InChI=1S/C23H26N2O5S/c1-14(2)21(25-31(28,29)17-10-6-5-7-11-17)23(27)30-16(4)22(26)20-15(3)24-19-13-9-8-12-18(19)20/h5-14,16,21,24-25H,1-4H3/t16-,21-/m0/s1. The van der Waals surface area contributed by atoms with Crippen molar-refractivity contribution in [1.82, 2.24) is 9.71 Å². The lowest BCUT2D eigenvalue weighted by Gasteiger charge is -2.22. The SMILES string of the molecule is Cc1[nH]c2ccccc2c1C(=O)[C@H](C)OC(=O)[C@@H](NS(=O)(=O)c1ccccc1)C(C)C. The number of rotatable bonds is 8. The van der Waals surface area contributed by atoms with Gasteiger partial charge in [0.15, 0.2) is 6.10 Å². The summed E-state index contributed by atoms with van der Waals surface area (Å²) in [6, 6.07) is 14.0. The Morgan fingerprint density at radius 1 is 0.968 bits per heavy atom. The average molecular weight is 443 g/mol. The van der Waals surface area contributed by atoms with Gasteiger partial charge in [0.05, 0.1) is 4.90 Å². The maximum absolute atomic E-state index is 13.0. The molecule has 0 aliphatic carbocycles. The van der Waals surface area contributed by atoms with E-state index >= 15 is 0 Å². The third-order valence-corrected chi connectivity index (χ3v) is 6.52. The van der Waals surface area contributed by atoms with Crippen molar-refractivity contribution in [3.63, 3.8) is 0 Å². The summed E-state index contributed by atoms with van der Waals surface area (Å²) >= 11 is 0. The molecular formula is C23H26N2O5S. The van der Waals surface area contributed by atoms with E-state index in [1.807, 2.05) is 24.3 Å². The quantitative estimate of drug-likeness (QED) is 0.410. The zero-order valence-electron chi connectivity index (χ0n) is 17.9. The number of esters is 1. The monoisotopic (exact) mass is 442 g/mol. The van der Waals surface area contributed by atoms with Crippen molar-refractivity contribution in [2.75, 3.05) is 0 Å². The number of ketones is 1. The molecule has 7 nitrogen and oxygen atoms in total. The highest BCUT2D eigenvalue weighted by molar-refractivity contribution is 7.89. The highest BCUT2D eigenvalue weighted by Crippen LogP contribution is 2.24. The van der Waals surface area contributed by atoms with Gasteiger partial charge in [0.1, 0.15) is 6.04 Å². The molecule has 0 unspecified atom stereocenters. The second kappa shape index (κ2) is 9.03. The highest BCUT2D eigenvalue weighted by Gasteiger charge is 2.32. The van der Waals surface area contributed by atoms with Crippen molar-refractivity contribution in [1.29, 1.82) is 0 Å². The van der Waals surface area contributed by atoms with Gasteiger partial charge in [0.2, 0.25) is 15.8 Å². The van der Waals surface area contributed by atoms with Gasteiger partial charge in [-0.1, -0.05) is 50.2 Å². The topological polar surface area (TPSA) is 105 Å². The van der Waals surface area contributed by atoms with Crippen molar-refractivity contribution < 1.29 is 22.7 Å². The first-order chi connectivity index (χ1) is 14.6. The van der Waals surface area contributed by atoms with E-state index in [0.717, 1.165) is 10.9 Å². The van der Waals surface area contributed by atoms with Gasteiger partial charge in [-0.2, -0.15) is 4.72 Å². The summed E-state index contributed by atoms with van der Waals surface area (Å²) in [5.74, 6) is -1.53. The number of fused-ring (bicyclic) bond motifs is 1. The van der Waals surface area contributed by atoms with Crippen LogP contribution in [0.5, 0.6) is 0 Å². The Balaban J connectivity index is 1.79. The zero-order chi connectivity index (χ0) is 22.8. The van der Waals surface area contributed by atoms with Crippen LogP contribution in [0.25, 0.3) is 10.9 Å². The number of carbonyl (C=O) groups excluding carboxylic acids is 2. The normalized spacial score (nSPS) is 13.8. The average Bonchev–Trinajstić information content (AvgIpc) is 3.07. The molecule has 0 aliphatic rings. The maximum Gasteiger partial charge on any atom is 0.325 e. The van der Waals surface area contributed by atoms with E-state index in [0.29, 0.717) is 11.3 Å². The minimum Gasteiger partial charge on any atom is -0.453 e. The molecule has 0 aliphatic heterocycles. The third-order valence-electron chi connectivity index (χ3n) is 5.06. The number of benzene rings is 2. The Kier molecular flexibility index (Phi) is 6.62. The molecule has 2 atom stereocenters. The second-order valence-electron chi connectivity index (χ2n) is 7.77. The predicted molar refractivity (Wildman–Crippen MR) is 118 cm³/mol. The Bertz CT molecular complexity index is 1200. The minimum atomic E-state index is -3.93. The fourth-order valence-electron chi connectivity index (χ4n) is 3.39. The smallest absolute Gasteiger partial charge is 0.325 e. The number of aromatic nitrogens is 1. The number of nitrogens with one attached hydrogen (secondary N) is 2. The first kappa shape index (κ1) is 22.7. The number of sulfonamides is 1. The van der Waals surface area contributed by atoms with Gasteiger partial charge in [-0.3, -0.25) is 9.59 Å². The molecule has 1 heterocycles. The van der Waals surface area contributed by atoms with Gasteiger partial charge in [0.25, 0.3) is 0 Å². The number of hydrogen-bond acceptors (Lipinski definition) is 5. The molecule has 2 aromatic carbocycles. The Morgan fingerprint density at radius 2 is 1.58 bits per heavy atom. The first-order valence-corrected chi connectivity index (χ1v) is 11.5. The van der Waals surface area contributed by atoms with Crippen LogP contribution >= 0.6 is 0 Å². The van der Waals surface area contributed by atoms with Gasteiger partial charge in [0, 0.05) is 22.2 Å². The Hall–Kier alpha value is -2.97. The largest absolute Gasteiger partial charge is 0.453 e. The van der Waals surface area contributed by atoms with E-state index in [-0.39, 0.29) is 16.6 Å². The lowest BCUT2D eigenvalue weighted by atomic mass is 10.0. The van der Waals surface area contributed by atoms with E-state index < -0.39 is 28.1 Å². The van der Waals surface area contributed by atoms with Crippen LogP contribution in [0.15, 0.2) is 59.5 Å². The molecule has 0 bridgehead atoms. The summed E-state index contributed by atoms with van der Waals surface area (Å²) in [6.07, 6.45) is -1.08. The summed E-state index contributed by atoms with van der Waals surface area (Å²) in [5, 5.41) is 0.748. The number of carbonyl (C=O) groups is 2. The van der Waals surface area contributed by atoms with Gasteiger partial charge >= 0.3 is 5.97 Å². The number of aryl methyl sites for hydroxylation is 1. The van der Waals surface area contributed by atoms with E-state index in [1.165, 1.54) is 19.1 Å². The highest BCUT2D eigenvalue weighted by atomic mass is 32.2. The molecule has 2 N–H and O–H groups in total. The lowest BCUT2D eigenvalue weighted by molar-refractivity contribution is -0.149. The van der Waals surface area contributed by atoms with Gasteiger partial charge < -0.3 is 9.72 Å². The second-order valence-corrected chi connectivity index (χ2v) is 9.48. The lowest BCUT2D eigenvalue weighted by Crippen LogP contribution is -2.46. The summed E-state index contributed by atoms with van der Waals surface area (Å²) in [6.45, 7) is 6.68. The molecule has 3 rings (SSSR count). The molecular weight excluding hydrogens is 416 g/mol. The molecule has 0 spiro atoms. The molecule has 1 aromatic heterocycles. The molecule has 0 amide bonds. The first-order valence-electron chi connectivity index (χ1n) is 10.0. The number of ether oxygens (including phenoxy) is 1. The van der Waals surface area contributed by atoms with Crippen molar-refractivity contribution in [2.24, 2.45) is 5.92 Å². The van der Waals surface area contributed by atoms with E-state index in [9.17, 15) is 18.0 Å². The summed E-state index contributed by atoms with van der Waals surface area (Å²) < 4.78 is 33.1. The Morgan fingerprint density at radius 3 is 2.23 bits per heavy atom. The number of aromatic amines is 1. The van der Waals surface area contributed by atoms with E-state index in [4.69, 9.17) is 4.74 Å². The number of para-hydroxylation sites is 1. The van der Waals surface area contributed by atoms with Crippen LogP contribution < -0.4 is 4.72 Å². The van der Waals surface area contributed by atoms with Crippen molar-refractivity contribution in [3.05, 3.63) is 65.9 Å². The molecule has 8 heteroatoms. The van der Waals surface area contributed by atoms with E-state index in [1.54, 1.807) is 39.0 Å². The van der Waals surface area contributed by atoms with Crippen molar-refractivity contribution in [2.45, 2.75) is 44.7 Å². The molecule has 0 fully saturated rings. The number of H-pyrrole nitrogens is 1. The molecule has 164 valence electrons. The van der Waals surface area contributed by atoms with Gasteiger partial charge in [-0.05, 0) is 38.0 Å². The van der Waals surface area contributed by atoms with Crippen molar-refractivity contribution in [3.8, 4) is 0 Å². The molecule has 0 saturated carbocycles.